The van der Waals surface area contributed by atoms with Gasteiger partial charge in [0.05, 0.1) is 15.4 Å². The van der Waals surface area contributed by atoms with Gasteiger partial charge in [-0.2, -0.15) is 0 Å². The minimum atomic E-state index is -3.31. The summed E-state index contributed by atoms with van der Waals surface area (Å²) in [5.41, 5.74) is 1.12. The maximum absolute atomic E-state index is 11.4. The van der Waals surface area contributed by atoms with Crippen LogP contribution in [-0.4, -0.2) is 19.6 Å². The third-order valence-electron chi connectivity index (χ3n) is 3.42. The molecule has 0 saturated carbocycles. The Labute approximate surface area is 129 Å². The summed E-state index contributed by atoms with van der Waals surface area (Å²) in [6.45, 7) is 2.08. The molecule has 0 bridgehead atoms. The number of benzene rings is 1. The predicted octanol–water partition coefficient (Wildman–Crippen LogP) is 3.23. The molecule has 2 rings (SSSR count). The third kappa shape index (κ3) is 3.92. The SMILES string of the molecule is CC1C=CC(/C=C(\c2ccc(S(C)(=O)=O)cc2)[N+](=O)[O-])=CC1. The lowest BCUT2D eigenvalue weighted by atomic mass is 9.97. The molecule has 22 heavy (non-hydrogen) atoms. The molecular weight excluding hydrogens is 302 g/mol. The summed E-state index contributed by atoms with van der Waals surface area (Å²) < 4.78 is 22.9. The van der Waals surface area contributed by atoms with Gasteiger partial charge in [-0.3, -0.25) is 10.1 Å². The Morgan fingerprint density at radius 3 is 2.41 bits per heavy atom. The number of nitrogens with zero attached hydrogens (tertiary/aromatic N) is 1. The minimum Gasteiger partial charge on any atom is -0.258 e. The van der Waals surface area contributed by atoms with Crippen molar-refractivity contribution in [1.29, 1.82) is 0 Å². The van der Waals surface area contributed by atoms with Crippen LogP contribution < -0.4 is 0 Å². The van der Waals surface area contributed by atoms with E-state index in [4.69, 9.17) is 0 Å². The van der Waals surface area contributed by atoms with E-state index in [1.807, 2.05) is 18.2 Å². The van der Waals surface area contributed by atoms with Gasteiger partial charge in [-0.25, -0.2) is 8.42 Å². The summed E-state index contributed by atoms with van der Waals surface area (Å²) in [5.74, 6) is 0.435. The number of hydrogen-bond acceptors (Lipinski definition) is 4. The smallest absolute Gasteiger partial charge is 0.258 e. The summed E-state index contributed by atoms with van der Waals surface area (Å²) in [4.78, 5) is 11.0. The first-order valence-corrected chi connectivity index (χ1v) is 8.71. The van der Waals surface area contributed by atoms with Gasteiger partial charge in [0.15, 0.2) is 9.84 Å². The predicted molar refractivity (Wildman–Crippen MR) is 85.5 cm³/mol. The Hall–Kier alpha value is -2.21. The molecule has 6 heteroatoms. The van der Waals surface area contributed by atoms with Crippen LogP contribution in [0, 0.1) is 16.0 Å². The normalized spacial score (nSPS) is 18.9. The third-order valence-corrected chi connectivity index (χ3v) is 4.55. The first-order valence-electron chi connectivity index (χ1n) is 6.82. The number of sulfone groups is 1. The Morgan fingerprint density at radius 1 is 1.32 bits per heavy atom. The molecule has 0 aromatic heterocycles. The molecular formula is C16H17NO4S. The Bertz CT molecular complexity index is 771. The van der Waals surface area contributed by atoms with E-state index in [0.717, 1.165) is 18.2 Å². The van der Waals surface area contributed by atoms with Crippen LogP contribution in [0.4, 0.5) is 0 Å². The highest BCUT2D eigenvalue weighted by atomic mass is 32.2. The van der Waals surface area contributed by atoms with Crippen molar-refractivity contribution in [2.75, 3.05) is 6.26 Å². The Balaban J connectivity index is 2.37. The van der Waals surface area contributed by atoms with Crippen LogP contribution in [0.2, 0.25) is 0 Å². The second kappa shape index (κ2) is 6.27. The summed E-state index contributed by atoms with van der Waals surface area (Å²) in [5, 5.41) is 11.3. The average Bonchev–Trinajstić information content (AvgIpc) is 2.45. The van der Waals surface area contributed by atoms with Crippen LogP contribution in [0.5, 0.6) is 0 Å². The Morgan fingerprint density at radius 2 is 1.95 bits per heavy atom. The zero-order chi connectivity index (χ0) is 16.3. The van der Waals surface area contributed by atoms with E-state index < -0.39 is 14.8 Å². The lowest BCUT2D eigenvalue weighted by molar-refractivity contribution is -0.375. The van der Waals surface area contributed by atoms with Crippen molar-refractivity contribution in [3.8, 4) is 0 Å². The molecule has 1 aromatic carbocycles. The molecule has 116 valence electrons. The molecule has 1 unspecified atom stereocenters. The molecule has 0 amide bonds. The zero-order valence-electron chi connectivity index (χ0n) is 12.4. The van der Waals surface area contributed by atoms with Gasteiger partial charge in [-0.1, -0.05) is 25.2 Å². The fourth-order valence-electron chi connectivity index (χ4n) is 2.12. The summed E-state index contributed by atoms with van der Waals surface area (Å²) >= 11 is 0. The number of hydrogen-bond donors (Lipinski definition) is 0. The molecule has 0 radical (unpaired) electrons. The largest absolute Gasteiger partial charge is 0.277 e. The van der Waals surface area contributed by atoms with Crippen molar-refractivity contribution in [3.63, 3.8) is 0 Å². The van der Waals surface area contributed by atoms with Crippen LogP contribution in [-0.2, 0) is 9.84 Å². The van der Waals surface area contributed by atoms with Crippen LogP contribution in [0.1, 0.15) is 18.9 Å². The topological polar surface area (TPSA) is 77.3 Å². The quantitative estimate of drug-likeness (QED) is 0.630. The monoisotopic (exact) mass is 319 g/mol. The summed E-state index contributed by atoms with van der Waals surface area (Å²) in [7, 11) is -3.31. The van der Waals surface area contributed by atoms with Crippen molar-refractivity contribution >= 4 is 15.5 Å². The van der Waals surface area contributed by atoms with Crippen molar-refractivity contribution < 1.29 is 13.3 Å². The lowest BCUT2D eigenvalue weighted by Crippen LogP contribution is -2.01. The fraction of sp³-hybridized carbons (Fsp3) is 0.250. The van der Waals surface area contributed by atoms with E-state index in [0.29, 0.717) is 11.5 Å². The van der Waals surface area contributed by atoms with E-state index in [1.165, 1.54) is 30.3 Å². The highest BCUT2D eigenvalue weighted by Gasteiger charge is 2.16. The van der Waals surface area contributed by atoms with E-state index in [9.17, 15) is 18.5 Å². The zero-order valence-corrected chi connectivity index (χ0v) is 13.2. The second-order valence-electron chi connectivity index (χ2n) is 5.36. The van der Waals surface area contributed by atoms with Gasteiger partial charge >= 0.3 is 0 Å². The maximum atomic E-state index is 11.4. The maximum Gasteiger partial charge on any atom is 0.277 e. The first kappa shape index (κ1) is 16.2. The molecule has 0 heterocycles. The van der Waals surface area contributed by atoms with E-state index in [-0.39, 0.29) is 10.6 Å². The number of nitro groups is 1. The van der Waals surface area contributed by atoms with Gasteiger partial charge in [0, 0.05) is 12.3 Å². The summed E-state index contributed by atoms with van der Waals surface area (Å²) in [6, 6.07) is 5.69. The van der Waals surface area contributed by atoms with Crippen molar-refractivity contribution in [3.05, 3.63) is 69.8 Å². The lowest BCUT2D eigenvalue weighted by Gasteiger charge is -2.09. The standard InChI is InChI=1S/C16H17NO4S/c1-12-3-5-13(6-4-12)11-16(17(18)19)14-7-9-15(10-8-14)22(2,20)21/h3,5-12H,4H2,1-2H3/b16-11+. The van der Waals surface area contributed by atoms with Gasteiger partial charge in [0.2, 0.25) is 0 Å². The first-order chi connectivity index (χ1) is 10.3. The van der Waals surface area contributed by atoms with Crippen molar-refractivity contribution in [1.82, 2.24) is 0 Å². The van der Waals surface area contributed by atoms with Gasteiger partial charge in [0.1, 0.15) is 0 Å². The fourth-order valence-corrected chi connectivity index (χ4v) is 2.75. The van der Waals surface area contributed by atoms with E-state index in [1.54, 1.807) is 0 Å². The molecule has 0 fully saturated rings. The number of allylic oxidation sites excluding steroid dienone is 5. The van der Waals surface area contributed by atoms with Crippen molar-refractivity contribution in [2.45, 2.75) is 18.2 Å². The molecule has 5 nitrogen and oxygen atoms in total. The van der Waals surface area contributed by atoms with Crippen LogP contribution in [0.25, 0.3) is 5.70 Å². The molecule has 1 aromatic rings. The molecule has 0 saturated heterocycles. The van der Waals surface area contributed by atoms with Gasteiger partial charge in [0.25, 0.3) is 5.70 Å². The molecule has 0 N–H and O–H groups in total. The molecule has 1 aliphatic rings. The van der Waals surface area contributed by atoms with Crippen molar-refractivity contribution in [2.24, 2.45) is 5.92 Å². The molecule has 1 atom stereocenters. The van der Waals surface area contributed by atoms with Crippen LogP contribution in [0.15, 0.2) is 59.0 Å². The second-order valence-corrected chi connectivity index (χ2v) is 7.38. The highest BCUT2D eigenvalue weighted by Crippen LogP contribution is 2.23. The molecule has 0 spiro atoms. The molecule has 1 aliphatic carbocycles. The van der Waals surface area contributed by atoms with Gasteiger partial charge in [-0.15, -0.1) is 0 Å². The van der Waals surface area contributed by atoms with Gasteiger partial charge < -0.3 is 0 Å². The average molecular weight is 319 g/mol. The number of rotatable bonds is 4. The van der Waals surface area contributed by atoms with Gasteiger partial charge in [-0.05, 0) is 42.2 Å². The Kier molecular flexibility index (Phi) is 4.61. The summed E-state index contributed by atoms with van der Waals surface area (Å²) in [6.07, 6.45) is 9.29. The van der Waals surface area contributed by atoms with Crippen LogP contribution >= 0.6 is 0 Å². The highest BCUT2D eigenvalue weighted by molar-refractivity contribution is 7.90. The minimum absolute atomic E-state index is 0.0505. The van der Waals surface area contributed by atoms with Crippen LogP contribution in [0.3, 0.4) is 0 Å². The van der Waals surface area contributed by atoms with E-state index in [2.05, 4.69) is 6.92 Å². The van der Waals surface area contributed by atoms with E-state index >= 15 is 0 Å². The molecule has 0 aliphatic heterocycles.